The van der Waals surface area contributed by atoms with E-state index in [1.165, 1.54) is 5.75 Å². The SMILES string of the molecule is CCC1SCCSC1C(=O)C1=CCCO1. The molecule has 2 unspecified atom stereocenters. The van der Waals surface area contributed by atoms with Gasteiger partial charge < -0.3 is 4.74 Å². The smallest absolute Gasteiger partial charge is 0.211 e. The van der Waals surface area contributed by atoms with E-state index in [0.29, 0.717) is 17.6 Å². The minimum Gasteiger partial charge on any atom is -0.490 e. The molecule has 0 saturated carbocycles. The predicted octanol–water partition coefficient (Wildman–Crippen LogP) is 2.49. The van der Waals surface area contributed by atoms with Gasteiger partial charge in [0.15, 0.2) is 5.76 Å². The quantitative estimate of drug-likeness (QED) is 0.762. The first-order chi connectivity index (χ1) is 7.33. The van der Waals surface area contributed by atoms with Crippen LogP contribution in [-0.2, 0) is 9.53 Å². The number of ether oxygens (including phenoxy) is 1. The van der Waals surface area contributed by atoms with E-state index in [9.17, 15) is 4.79 Å². The van der Waals surface area contributed by atoms with Crippen LogP contribution in [0.3, 0.4) is 0 Å². The van der Waals surface area contributed by atoms with E-state index in [2.05, 4.69) is 6.92 Å². The summed E-state index contributed by atoms with van der Waals surface area (Å²) in [4.78, 5) is 12.1. The van der Waals surface area contributed by atoms with Crippen LogP contribution in [0.4, 0.5) is 0 Å². The summed E-state index contributed by atoms with van der Waals surface area (Å²) >= 11 is 3.73. The summed E-state index contributed by atoms with van der Waals surface area (Å²) in [5, 5.41) is 0.597. The van der Waals surface area contributed by atoms with E-state index in [1.807, 2.05) is 17.8 Å². The third-order valence-corrected chi connectivity index (χ3v) is 5.90. The van der Waals surface area contributed by atoms with Crippen molar-refractivity contribution in [2.24, 2.45) is 0 Å². The van der Waals surface area contributed by atoms with Gasteiger partial charge in [-0.2, -0.15) is 11.8 Å². The van der Waals surface area contributed by atoms with Crippen LogP contribution in [0.2, 0.25) is 0 Å². The Balaban J connectivity index is 2.03. The lowest BCUT2D eigenvalue weighted by Gasteiger charge is -2.28. The normalized spacial score (nSPS) is 30.9. The fraction of sp³-hybridized carbons (Fsp3) is 0.727. The second kappa shape index (κ2) is 5.30. The van der Waals surface area contributed by atoms with Gasteiger partial charge in [-0.15, -0.1) is 11.8 Å². The first kappa shape index (κ1) is 11.4. The van der Waals surface area contributed by atoms with E-state index in [1.54, 1.807) is 11.8 Å². The predicted molar refractivity (Wildman–Crippen MR) is 66.4 cm³/mol. The zero-order valence-electron chi connectivity index (χ0n) is 8.90. The van der Waals surface area contributed by atoms with Crippen LogP contribution in [0.15, 0.2) is 11.8 Å². The second-order valence-electron chi connectivity index (χ2n) is 3.68. The van der Waals surface area contributed by atoms with Crippen molar-refractivity contribution in [1.29, 1.82) is 0 Å². The van der Waals surface area contributed by atoms with Gasteiger partial charge in [0, 0.05) is 23.2 Å². The van der Waals surface area contributed by atoms with Gasteiger partial charge in [0.2, 0.25) is 5.78 Å². The monoisotopic (exact) mass is 244 g/mol. The summed E-state index contributed by atoms with van der Waals surface area (Å²) in [6.45, 7) is 2.84. The summed E-state index contributed by atoms with van der Waals surface area (Å²) in [6.07, 6.45) is 3.90. The van der Waals surface area contributed by atoms with Crippen molar-refractivity contribution in [1.82, 2.24) is 0 Å². The lowest BCUT2D eigenvalue weighted by molar-refractivity contribution is -0.118. The lowest BCUT2D eigenvalue weighted by Crippen LogP contribution is -2.33. The fourth-order valence-corrected chi connectivity index (χ4v) is 4.88. The van der Waals surface area contributed by atoms with E-state index >= 15 is 0 Å². The van der Waals surface area contributed by atoms with Crippen LogP contribution in [0.25, 0.3) is 0 Å². The van der Waals surface area contributed by atoms with Crippen LogP contribution in [0, 0.1) is 0 Å². The maximum Gasteiger partial charge on any atom is 0.211 e. The largest absolute Gasteiger partial charge is 0.490 e. The molecule has 0 aliphatic carbocycles. The Bertz CT molecular complexity index is 276. The molecule has 0 aromatic heterocycles. The minimum atomic E-state index is 0.123. The average molecular weight is 244 g/mol. The van der Waals surface area contributed by atoms with Gasteiger partial charge in [-0.1, -0.05) is 6.92 Å². The zero-order valence-corrected chi connectivity index (χ0v) is 10.5. The number of ketones is 1. The van der Waals surface area contributed by atoms with Crippen LogP contribution >= 0.6 is 23.5 Å². The van der Waals surface area contributed by atoms with E-state index in [0.717, 1.165) is 18.6 Å². The highest BCUT2D eigenvalue weighted by Crippen LogP contribution is 2.35. The maximum atomic E-state index is 12.1. The first-order valence-electron chi connectivity index (χ1n) is 5.43. The summed E-state index contributed by atoms with van der Waals surface area (Å²) in [7, 11) is 0. The number of thioether (sulfide) groups is 2. The highest BCUT2D eigenvalue weighted by atomic mass is 32.2. The van der Waals surface area contributed by atoms with Crippen LogP contribution in [0.1, 0.15) is 19.8 Å². The molecule has 2 nitrogen and oxygen atoms in total. The Kier molecular flexibility index (Phi) is 4.03. The molecular weight excluding hydrogens is 228 g/mol. The van der Waals surface area contributed by atoms with Gasteiger partial charge in [-0.3, -0.25) is 4.79 Å². The number of hydrogen-bond acceptors (Lipinski definition) is 4. The third kappa shape index (κ3) is 2.53. The molecule has 2 rings (SSSR count). The molecule has 0 aromatic rings. The second-order valence-corrected chi connectivity index (χ2v) is 6.28. The molecule has 0 radical (unpaired) electrons. The third-order valence-electron chi connectivity index (χ3n) is 2.66. The molecule has 2 aliphatic heterocycles. The van der Waals surface area contributed by atoms with Gasteiger partial charge in [0.25, 0.3) is 0 Å². The first-order valence-corrected chi connectivity index (χ1v) is 7.53. The van der Waals surface area contributed by atoms with Crippen LogP contribution in [-0.4, -0.2) is 34.4 Å². The van der Waals surface area contributed by atoms with Crippen molar-refractivity contribution in [2.45, 2.75) is 30.3 Å². The van der Waals surface area contributed by atoms with Gasteiger partial charge in [-0.25, -0.2) is 0 Å². The molecule has 0 amide bonds. The highest BCUT2D eigenvalue weighted by Gasteiger charge is 2.34. The van der Waals surface area contributed by atoms with Crippen molar-refractivity contribution < 1.29 is 9.53 Å². The maximum absolute atomic E-state index is 12.1. The van der Waals surface area contributed by atoms with Gasteiger partial charge >= 0.3 is 0 Å². The van der Waals surface area contributed by atoms with Crippen molar-refractivity contribution in [3.63, 3.8) is 0 Å². The van der Waals surface area contributed by atoms with Gasteiger partial charge in [0.05, 0.1) is 11.9 Å². The Morgan fingerprint density at radius 1 is 1.53 bits per heavy atom. The van der Waals surface area contributed by atoms with Crippen LogP contribution < -0.4 is 0 Å². The molecule has 0 bridgehead atoms. The Hall–Kier alpha value is -0.0900. The topological polar surface area (TPSA) is 26.3 Å². The highest BCUT2D eigenvalue weighted by molar-refractivity contribution is 8.07. The summed E-state index contributed by atoms with van der Waals surface area (Å²) in [6, 6.07) is 0. The van der Waals surface area contributed by atoms with E-state index in [4.69, 9.17) is 4.74 Å². The molecule has 0 N–H and O–H groups in total. The van der Waals surface area contributed by atoms with Crippen molar-refractivity contribution in [2.75, 3.05) is 18.1 Å². The van der Waals surface area contributed by atoms with Crippen molar-refractivity contribution in [3.05, 3.63) is 11.8 Å². The Morgan fingerprint density at radius 3 is 3.00 bits per heavy atom. The van der Waals surface area contributed by atoms with Crippen molar-refractivity contribution in [3.8, 4) is 0 Å². The molecule has 0 spiro atoms. The molecular formula is C11H16O2S2. The Labute approximate surface area is 99.2 Å². The number of allylic oxidation sites excluding steroid dienone is 1. The molecule has 84 valence electrons. The average Bonchev–Trinajstić information content (AvgIpc) is 2.81. The molecule has 0 aromatic carbocycles. The van der Waals surface area contributed by atoms with E-state index in [-0.39, 0.29) is 11.0 Å². The number of rotatable bonds is 3. The lowest BCUT2D eigenvalue weighted by atomic mass is 10.1. The molecule has 2 aliphatic rings. The standard InChI is InChI=1S/C11H16O2S2/c1-2-9-11(15-7-6-14-9)10(12)8-4-3-5-13-8/h4,9,11H,2-3,5-7H2,1H3. The number of Topliss-reactive ketones (excluding diaryl/α,β-unsaturated/α-hetero) is 1. The minimum absolute atomic E-state index is 0.123. The molecule has 1 fully saturated rings. The molecule has 2 heterocycles. The summed E-state index contributed by atoms with van der Waals surface area (Å²) in [5.74, 6) is 3.10. The molecule has 2 atom stereocenters. The van der Waals surface area contributed by atoms with Crippen molar-refractivity contribution >= 4 is 29.3 Å². The van der Waals surface area contributed by atoms with Gasteiger partial charge in [0.1, 0.15) is 0 Å². The molecule has 15 heavy (non-hydrogen) atoms. The van der Waals surface area contributed by atoms with Gasteiger partial charge in [-0.05, 0) is 12.5 Å². The Morgan fingerprint density at radius 2 is 2.33 bits per heavy atom. The zero-order chi connectivity index (χ0) is 10.7. The van der Waals surface area contributed by atoms with E-state index < -0.39 is 0 Å². The molecule has 4 heteroatoms. The summed E-state index contributed by atoms with van der Waals surface area (Å²) in [5.41, 5.74) is 0. The number of carbonyl (C=O) groups is 1. The fourth-order valence-electron chi connectivity index (χ4n) is 1.88. The molecule has 1 saturated heterocycles. The number of hydrogen-bond donors (Lipinski definition) is 0. The van der Waals surface area contributed by atoms with Crippen LogP contribution in [0.5, 0.6) is 0 Å². The summed E-state index contributed by atoms with van der Waals surface area (Å²) < 4.78 is 5.35. The number of carbonyl (C=O) groups excluding carboxylic acids is 1.